The molecular formula is C29H36N2O5. The van der Waals surface area contributed by atoms with Crippen molar-refractivity contribution in [2.75, 3.05) is 13.1 Å². The number of carbonyl (C=O) groups is 2. The highest BCUT2D eigenvalue weighted by molar-refractivity contribution is 5.87. The van der Waals surface area contributed by atoms with Gasteiger partial charge >= 0.3 is 0 Å². The van der Waals surface area contributed by atoms with Crippen molar-refractivity contribution in [1.82, 2.24) is 10.2 Å². The monoisotopic (exact) mass is 492 g/mol. The fraction of sp³-hybridized carbons (Fsp3) is 0.517. The minimum Gasteiger partial charge on any atom is -0.508 e. The lowest BCUT2D eigenvalue weighted by Crippen LogP contribution is -2.58. The van der Waals surface area contributed by atoms with Crippen LogP contribution >= 0.6 is 0 Å². The summed E-state index contributed by atoms with van der Waals surface area (Å²) >= 11 is 0. The zero-order chi connectivity index (χ0) is 25.6. The number of aromatic hydroxyl groups is 1. The van der Waals surface area contributed by atoms with E-state index < -0.39 is 6.04 Å². The molecule has 3 heterocycles. The lowest BCUT2D eigenvalue weighted by molar-refractivity contribution is -0.189. The number of ether oxygens (including phenoxy) is 2. The van der Waals surface area contributed by atoms with Crippen LogP contribution in [0.15, 0.2) is 42.5 Å². The largest absolute Gasteiger partial charge is 0.508 e. The summed E-state index contributed by atoms with van der Waals surface area (Å²) in [6, 6.07) is 12.5. The molecule has 0 bridgehead atoms. The van der Waals surface area contributed by atoms with Crippen LogP contribution in [0.2, 0.25) is 0 Å². The Bertz CT molecular complexity index is 1140. The Balaban J connectivity index is 1.32. The first-order valence-electron chi connectivity index (χ1n) is 12.9. The van der Waals surface area contributed by atoms with Crippen molar-refractivity contribution in [3.05, 3.63) is 59.2 Å². The fourth-order valence-electron chi connectivity index (χ4n) is 6.15. The molecule has 3 aliphatic heterocycles. The van der Waals surface area contributed by atoms with Crippen molar-refractivity contribution in [2.24, 2.45) is 11.8 Å². The number of carbonyl (C=O) groups excluding carboxylic acids is 2. The van der Waals surface area contributed by atoms with Crippen LogP contribution < -0.4 is 10.1 Å². The first-order valence-corrected chi connectivity index (χ1v) is 12.9. The predicted octanol–water partition coefficient (Wildman–Crippen LogP) is 3.91. The molecule has 0 radical (unpaired) electrons. The molecule has 2 amide bonds. The molecule has 2 aromatic rings. The Hall–Kier alpha value is -3.06. The van der Waals surface area contributed by atoms with Gasteiger partial charge in [0.15, 0.2) is 0 Å². The molecule has 5 rings (SSSR count). The summed E-state index contributed by atoms with van der Waals surface area (Å²) in [5.41, 5.74) is 2.81. The third-order valence-corrected chi connectivity index (χ3v) is 8.01. The van der Waals surface area contributed by atoms with Gasteiger partial charge in [-0.1, -0.05) is 24.3 Å². The molecule has 3 aliphatic rings. The van der Waals surface area contributed by atoms with E-state index in [1.165, 1.54) is 12.5 Å². The summed E-state index contributed by atoms with van der Waals surface area (Å²) in [5.74, 6) is 1.18. The number of aryl methyl sites for hydroxylation is 1. The third kappa shape index (κ3) is 4.81. The van der Waals surface area contributed by atoms with Crippen molar-refractivity contribution >= 4 is 11.8 Å². The fourth-order valence-corrected chi connectivity index (χ4v) is 6.15. The number of phenolic OH excluding ortho intramolecular Hbond substituents is 1. The number of fused-ring (bicyclic) bond motifs is 4. The lowest BCUT2D eigenvalue weighted by atomic mass is 9.70. The van der Waals surface area contributed by atoms with Crippen molar-refractivity contribution in [1.29, 1.82) is 0 Å². The van der Waals surface area contributed by atoms with E-state index in [9.17, 15) is 14.7 Å². The Labute approximate surface area is 212 Å². The van der Waals surface area contributed by atoms with Crippen LogP contribution in [0.25, 0.3) is 0 Å². The first kappa shape index (κ1) is 24.6. The Morgan fingerprint density at radius 3 is 2.67 bits per heavy atom. The zero-order valence-electron chi connectivity index (χ0n) is 21.5. The number of piperidine rings is 1. The second kappa shape index (κ2) is 9.43. The van der Waals surface area contributed by atoms with Crippen LogP contribution in [0.3, 0.4) is 0 Å². The molecule has 192 valence electrons. The molecule has 36 heavy (non-hydrogen) atoms. The van der Waals surface area contributed by atoms with Crippen LogP contribution in [0.5, 0.6) is 11.5 Å². The maximum atomic E-state index is 13.6. The number of hydrogen-bond donors (Lipinski definition) is 2. The van der Waals surface area contributed by atoms with E-state index >= 15 is 0 Å². The van der Waals surface area contributed by atoms with Gasteiger partial charge in [0, 0.05) is 43.8 Å². The van der Waals surface area contributed by atoms with Gasteiger partial charge in [0.25, 0.3) is 0 Å². The zero-order valence-corrected chi connectivity index (χ0v) is 21.5. The molecule has 0 aliphatic carbocycles. The van der Waals surface area contributed by atoms with Crippen molar-refractivity contribution in [3.8, 4) is 11.5 Å². The number of benzene rings is 2. The normalized spacial score (nSPS) is 27.1. The molecule has 2 N–H and O–H groups in total. The molecule has 0 spiro atoms. The molecule has 0 aromatic heterocycles. The minimum atomic E-state index is -0.648. The van der Waals surface area contributed by atoms with Crippen molar-refractivity contribution in [3.63, 3.8) is 0 Å². The van der Waals surface area contributed by atoms with Gasteiger partial charge in [0.05, 0.1) is 12.2 Å². The van der Waals surface area contributed by atoms with Gasteiger partial charge in [-0.2, -0.15) is 0 Å². The second-order valence-corrected chi connectivity index (χ2v) is 11.1. The second-order valence-electron chi connectivity index (χ2n) is 11.1. The number of nitrogens with one attached hydrogen (secondary N) is 1. The number of rotatable bonds is 4. The predicted molar refractivity (Wildman–Crippen MR) is 136 cm³/mol. The molecule has 2 fully saturated rings. The summed E-state index contributed by atoms with van der Waals surface area (Å²) < 4.78 is 13.2. The van der Waals surface area contributed by atoms with Crippen LogP contribution in [-0.2, 0) is 20.7 Å². The van der Waals surface area contributed by atoms with Gasteiger partial charge in [0.2, 0.25) is 11.8 Å². The van der Waals surface area contributed by atoms with E-state index in [2.05, 4.69) is 44.3 Å². The maximum absolute atomic E-state index is 13.6. The van der Waals surface area contributed by atoms with Gasteiger partial charge in [-0.3, -0.25) is 9.59 Å². The van der Waals surface area contributed by atoms with Crippen LogP contribution in [0.4, 0.5) is 0 Å². The highest BCUT2D eigenvalue weighted by Gasteiger charge is 2.51. The summed E-state index contributed by atoms with van der Waals surface area (Å²) in [6.45, 7) is 8.98. The number of hydrogen-bond acceptors (Lipinski definition) is 5. The lowest BCUT2D eigenvalue weighted by Gasteiger charge is -2.53. The van der Waals surface area contributed by atoms with Crippen LogP contribution in [-0.4, -0.2) is 52.7 Å². The Morgan fingerprint density at radius 2 is 1.94 bits per heavy atom. The number of likely N-dealkylation sites (tertiary alicyclic amines) is 1. The molecule has 7 heteroatoms. The van der Waals surface area contributed by atoms with Crippen LogP contribution in [0, 0.1) is 18.8 Å². The average Bonchev–Trinajstić information content (AvgIpc) is 2.82. The summed E-state index contributed by atoms with van der Waals surface area (Å²) in [5, 5.41) is 12.4. The topological polar surface area (TPSA) is 88.1 Å². The van der Waals surface area contributed by atoms with E-state index in [1.54, 1.807) is 24.3 Å². The molecule has 2 aromatic carbocycles. The van der Waals surface area contributed by atoms with E-state index in [-0.39, 0.29) is 47.2 Å². The number of nitrogens with zero attached hydrogens (tertiary/aromatic N) is 1. The molecule has 7 nitrogen and oxygen atoms in total. The van der Waals surface area contributed by atoms with Gasteiger partial charge in [-0.15, -0.1) is 0 Å². The molecule has 5 atom stereocenters. The summed E-state index contributed by atoms with van der Waals surface area (Å²) in [6.07, 6.45) is 2.15. The molecule has 0 unspecified atom stereocenters. The molecule has 0 saturated carbocycles. The Kier molecular flexibility index (Phi) is 6.45. The molecular weight excluding hydrogens is 456 g/mol. The summed E-state index contributed by atoms with van der Waals surface area (Å²) in [4.78, 5) is 27.4. The van der Waals surface area contributed by atoms with Crippen molar-refractivity contribution in [2.45, 2.75) is 70.8 Å². The quantitative estimate of drug-likeness (QED) is 0.676. The standard InChI is InChI=1S/C29H36N2O5/c1-17-5-10-22-26(13-17)36-29(3,4)23-15-20-16-31(12-11-25(20)35-27(22)23)28(34)24(30-18(2)32)14-19-6-8-21(33)9-7-19/h5-10,13,20,23-25,27,33H,11-12,14-16H2,1-4H3,(H,30,32)/t20-,23+,24+,25+,27-/m0/s1. The van der Waals surface area contributed by atoms with Crippen LogP contribution in [0.1, 0.15) is 56.4 Å². The average molecular weight is 493 g/mol. The van der Waals surface area contributed by atoms with E-state index in [0.29, 0.717) is 19.5 Å². The highest BCUT2D eigenvalue weighted by atomic mass is 16.5. The number of amides is 2. The first-order chi connectivity index (χ1) is 17.1. The summed E-state index contributed by atoms with van der Waals surface area (Å²) in [7, 11) is 0. The van der Waals surface area contributed by atoms with Gasteiger partial charge in [-0.25, -0.2) is 0 Å². The van der Waals surface area contributed by atoms with Gasteiger partial charge in [0.1, 0.15) is 23.1 Å². The van der Waals surface area contributed by atoms with E-state index in [1.807, 2.05) is 4.90 Å². The van der Waals surface area contributed by atoms with Crippen molar-refractivity contribution < 1.29 is 24.2 Å². The smallest absolute Gasteiger partial charge is 0.245 e. The third-order valence-electron chi connectivity index (χ3n) is 8.01. The highest BCUT2D eigenvalue weighted by Crippen LogP contribution is 2.53. The van der Waals surface area contributed by atoms with E-state index in [0.717, 1.165) is 29.7 Å². The minimum absolute atomic E-state index is 0.00511. The number of phenols is 1. The van der Waals surface area contributed by atoms with Gasteiger partial charge < -0.3 is 24.8 Å². The Morgan fingerprint density at radius 1 is 1.19 bits per heavy atom. The molecule has 2 saturated heterocycles. The van der Waals surface area contributed by atoms with Gasteiger partial charge in [-0.05, 0) is 62.9 Å². The maximum Gasteiger partial charge on any atom is 0.245 e. The van der Waals surface area contributed by atoms with E-state index in [4.69, 9.17) is 9.47 Å². The SMILES string of the molecule is CC(=O)N[C@H](Cc1ccc(O)cc1)C(=O)N1CC[C@H]2O[C@H]3c4ccc(C)cc4OC(C)(C)[C@@H]3C[C@H]2C1.